The fourth-order valence-electron chi connectivity index (χ4n) is 2.72. The van der Waals surface area contributed by atoms with Gasteiger partial charge in [-0.2, -0.15) is 0 Å². The topological polar surface area (TPSA) is 73.9 Å². The Balaban J connectivity index is 1.82. The van der Waals surface area contributed by atoms with E-state index in [0.29, 0.717) is 23.4 Å². The van der Waals surface area contributed by atoms with E-state index in [1.54, 1.807) is 14.0 Å². The average molecular weight is 296 g/mol. The van der Waals surface area contributed by atoms with Crippen molar-refractivity contribution in [3.63, 3.8) is 0 Å². The summed E-state index contributed by atoms with van der Waals surface area (Å²) < 4.78 is 15.5. The summed E-state index contributed by atoms with van der Waals surface area (Å²) in [6.07, 6.45) is 2.10. The van der Waals surface area contributed by atoms with Crippen molar-refractivity contribution in [3.05, 3.63) is 52.5 Å². The van der Waals surface area contributed by atoms with Crippen LogP contribution in [0.15, 0.2) is 39.7 Å². The van der Waals surface area contributed by atoms with E-state index >= 15 is 0 Å². The number of aromatic nitrogens is 1. The third kappa shape index (κ3) is 1.70. The van der Waals surface area contributed by atoms with E-state index in [2.05, 4.69) is 10.1 Å². The first-order valence-electron chi connectivity index (χ1n) is 6.80. The molecule has 6 heteroatoms. The minimum absolute atomic E-state index is 0.231. The molecule has 1 aromatic heterocycles. The van der Waals surface area contributed by atoms with Gasteiger partial charge in [0.2, 0.25) is 5.90 Å². The highest BCUT2D eigenvalue weighted by atomic mass is 16.6. The third-order valence-corrected chi connectivity index (χ3v) is 3.86. The van der Waals surface area contributed by atoms with Gasteiger partial charge in [0.15, 0.2) is 5.70 Å². The fraction of sp³-hybridized carbons (Fsp3) is 0.188. The maximum Gasteiger partial charge on any atom is 0.364 e. The largest absolute Gasteiger partial charge is 0.496 e. The summed E-state index contributed by atoms with van der Waals surface area (Å²) in [7, 11) is 1.61. The number of carbonyl (C=O) groups excluding carboxylic acids is 1. The number of hydrogen-bond donors (Lipinski definition) is 0. The molecule has 2 heterocycles. The summed E-state index contributed by atoms with van der Waals surface area (Å²) in [5.74, 6) is 0.514. The third-order valence-electron chi connectivity index (χ3n) is 3.86. The predicted octanol–water partition coefficient (Wildman–Crippen LogP) is 2.26. The van der Waals surface area contributed by atoms with Crippen LogP contribution in [0.3, 0.4) is 0 Å². The molecule has 0 amide bonds. The Bertz CT molecular complexity index is 861. The number of hydrogen-bond acceptors (Lipinski definition) is 6. The Morgan fingerprint density at radius 2 is 2.18 bits per heavy atom. The Labute approximate surface area is 126 Å². The molecule has 2 aliphatic rings. The quantitative estimate of drug-likeness (QED) is 0.627. The van der Waals surface area contributed by atoms with Crippen LogP contribution in [0.5, 0.6) is 5.75 Å². The van der Waals surface area contributed by atoms with Gasteiger partial charge in [-0.15, -0.1) is 0 Å². The molecule has 4 rings (SSSR count). The van der Waals surface area contributed by atoms with Gasteiger partial charge < -0.3 is 14.0 Å². The molecular weight excluding hydrogens is 284 g/mol. The number of allylic oxidation sites excluding steroid dienone is 1. The van der Waals surface area contributed by atoms with Crippen LogP contribution in [0.4, 0.5) is 0 Å². The van der Waals surface area contributed by atoms with Gasteiger partial charge in [0.25, 0.3) is 0 Å². The highest BCUT2D eigenvalue weighted by Gasteiger charge is 2.35. The van der Waals surface area contributed by atoms with Crippen LogP contribution in [-0.2, 0) is 16.0 Å². The molecule has 1 aromatic carbocycles. The van der Waals surface area contributed by atoms with Crippen LogP contribution in [0.25, 0.3) is 5.57 Å². The summed E-state index contributed by atoms with van der Waals surface area (Å²) in [4.78, 5) is 16.5. The lowest BCUT2D eigenvalue weighted by Crippen LogP contribution is -2.14. The zero-order valence-corrected chi connectivity index (χ0v) is 12.0. The SMILES string of the molecule is COc1cccc2c1C(=C1N=C(c3conc3C)OC1=O)C2. The van der Waals surface area contributed by atoms with E-state index in [1.807, 2.05) is 18.2 Å². The zero-order valence-electron chi connectivity index (χ0n) is 12.0. The molecule has 0 bridgehead atoms. The summed E-state index contributed by atoms with van der Waals surface area (Å²) in [6, 6.07) is 5.81. The minimum Gasteiger partial charge on any atom is -0.496 e. The molecule has 0 fully saturated rings. The average Bonchev–Trinajstić information content (AvgIpc) is 3.06. The van der Waals surface area contributed by atoms with E-state index in [-0.39, 0.29) is 5.90 Å². The summed E-state index contributed by atoms with van der Waals surface area (Å²) in [6.45, 7) is 1.77. The minimum atomic E-state index is -0.456. The summed E-state index contributed by atoms with van der Waals surface area (Å²) >= 11 is 0. The lowest BCUT2D eigenvalue weighted by atomic mass is 9.81. The number of rotatable bonds is 2. The molecule has 0 atom stereocenters. The summed E-state index contributed by atoms with van der Waals surface area (Å²) in [5.41, 5.74) is 4.46. The van der Waals surface area contributed by atoms with E-state index in [9.17, 15) is 4.79 Å². The highest BCUT2D eigenvalue weighted by Crippen LogP contribution is 2.44. The molecular formula is C16H12N2O4. The molecule has 0 saturated carbocycles. The van der Waals surface area contributed by atoms with Crippen molar-refractivity contribution < 1.29 is 18.8 Å². The molecule has 110 valence electrons. The number of cyclic esters (lactones) is 1. The second kappa shape index (κ2) is 4.56. The first-order chi connectivity index (χ1) is 10.7. The van der Waals surface area contributed by atoms with Gasteiger partial charge >= 0.3 is 5.97 Å². The number of fused-ring (bicyclic) bond motifs is 1. The van der Waals surface area contributed by atoms with Crippen LogP contribution >= 0.6 is 0 Å². The highest BCUT2D eigenvalue weighted by molar-refractivity contribution is 6.15. The number of nitrogens with zero attached hydrogens (tertiary/aromatic N) is 2. The van der Waals surface area contributed by atoms with Gasteiger partial charge in [-0.3, -0.25) is 0 Å². The number of aryl methyl sites for hydroxylation is 1. The second-order valence-electron chi connectivity index (χ2n) is 5.12. The van der Waals surface area contributed by atoms with Crippen molar-refractivity contribution >= 4 is 17.4 Å². The van der Waals surface area contributed by atoms with Gasteiger partial charge in [0.05, 0.1) is 18.4 Å². The van der Waals surface area contributed by atoms with Gasteiger partial charge in [-0.05, 0) is 18.6 Å². The number of ether oxygens (including phenoxy) is 2. The van der Waals surface area contributed by atoms with Crippen LogP contribution in [0.2, 0.25) is 0 Å². The Morgan fingerprint density at radius 1 is 1.32 bits per heavy atom. The Kier molecular flexibility index (Phi) is 2.66. The van der Waals surface area contributed by atoms with Crippen molar-refractivity contribution in [2.75, 3.05) is 7.11 Å². The van der Waals surface area contributed by atoms with Crippen LogP contribution in [0.1, 0.15) is 22.4 Å². The van der Waals surface area contributed by atoms with E-state index in [1.165, 1.54) is 6.26 Å². The molecule has 6 nitrogen and oxygen atoms in total. The summed E-state index contributed by atoms with van der Waals surface area (Å²) in [5, 5.41) is 3.77. The van der Waals surface area contributed by atoms with Crippen molar-refractivity contribution in [2.45, 2.75) is 13.3 Å². The number of carbonyl (C=O) groups is 1. The van der Waals surface area contributed by atoms with Crippen molar-refractivity contribution in [3.8, 4) is 5.75 Å². The second-order valence-corrected chi connectivity index (χ2v) is 5.12. The Hall–Kier alpha value is -2.89. The smallest absolute Gasteiger partial charge is 0.364 e. The molecule has 0 radical (unpaired) electrons. The Morgan fingerprint density at radius 3 is 2.91 bits per heavy atom. The van der Waals surface area contributed by atoms with Gasteiger partial charge in [0, 0.05) is 17.6 Å². The first-order valence-corrected chi connectivity index (χ1v) is 6.80. The fourth-order valence-corrected chi connectivity index (χ4v) is 2.72. The maximum atomic E-state index is 12.1. The van der Waals surface area contributed by atoms with E-state index in [0.717, 1.165) is 22.4 Å². The van der Waals surface area contributed by atoms with E-state index < -0.39 is 5.97 Å². The monoisotopic (exact) mass is 296 g/mol. The van der Waals surface area contributed by atoms with Gasteiger partial charge in [-0.1, -0.05) is 17.3 Å². The normalized spacial score (nSPS) is 19.4. The lowest BCUT2D eigenvalue weighted by Gasteiger charge is -2.25. The van der Waals surface area contributed by atoms with Crippen LogP contribution < -0.4 is 4.74 Å². The van der Waals surface area contributed by atoms with Gasteiger partial charge in [0.1, 0.15) is 12.0 Å². The van der Waals surface area contributed by atoms with Crippen molar-refractivity contribution in [1.82, 2.24) is 5.16 Å². The molecule has 0 spiro atoms. The number of aliphatic imine (C=N–C) groups is 1. The maximum absolute atomic E-state index is 12.1. The van der Waals surface area contributed by atoms with Crippen molar-refractivity contribution in [2.24, 2.45) is 4.99 Å². The lowest BCUT2D eigenvalue weighted by molar-refractivity contribution is -0.129. The molecule has 1 aliphatic heterocycles. The van der Waals surface area contributed by atoms with Crippen LogP contribution in [0, 0.1) is 6.92 Å². The molecule has 0 saturated heterocycles. The van der Waals surface area contributed by atoms with Crippen LogP contribution in [-0.4, -0.2) is 24.1 Å². The molecule has 0 N–H and O–H groups in total. The first kappa shape index (κ1) is 12.8. The van der Waals surface area contributed by atoms with Crippen molar-refractivity contribution in [1.29, 1.82) is 0 Å². The number of esters is 1. The predicted molar refractivity (Wildman–Crippen MR) is 77.5 cm³/mol. The van der Waals surface area contributed by atoms with Gasteiger partial charge in [-0.25, -0.2) is 9.79 Å². The molecule has 0 unspecified atom stereocenters. The molecule has 2 aromatic rings. The zero-order chi connectivity index (χ0) is 15.3. The number of methoxy groups -OCH3 is 1. The molecule has 1 aliphatic carbocycles. The standard InChI is InChI=1S/C16H12N2O4/c1-8-11(7-21-18-8)15-17-14(16(19)22-15)10-6-9-4-3-5-12(20-2)13(9)10/h3-5,7H,6H2,1-2H3. The number of benzene rings is 1. The van der Waals surface area contributed by atoms with E-state index in [4.69, 9.17) is 14.0 Å². The molecule has 22 heavy (non-hydrogen) atoms.